The van der Waals surface area contributed by atoms with Crippen LogP contribution in [0, 0.1) is 0 Å². The molecule has 1 spiro atoms. The van der Waals surface area contributed by atoms with Crippen LogP contribution in [-0.4, -0.2) is 53.8 Å². The van der Waals surface area contributed by atoms with E-state index in [1.54, 1.807) is 11.1 Å². The number of hydrogen-bond donors (Lipinski definition) is 1. The predicted molar refractivity (Wildman–Crippen MR) is 81.1 cm³/mol. The van der Waals surface area contributed by atoms with Crippen LogP contribution >= 0.6 is 0 Å². The number of nitrogens with one attached hydrogen (secondary N) is 1. The molecule has 2 fully saturated rings. The quantitative estimate of drug-likeness (QED) is 0.815. The van der Waals surface area contributed by atoms with Gasteiger partial charge in [-0.15, -0.1) is 0 Å². The van der Waals surface area contributed by atoms with Crippen LogP contribution in [0.3, 0.4) is 0 Å². The van der Waals surface area contributed by atoms with Gasteiger partial charge < -0.3 is 19.7 Å². The standard InChI is InChI=1S/C16H21N3O4/c20-14(18-12-13-3-1-2-6-17-13)11-15(21)19-7-4-16(5-8-19)22-9-10-23-16/h1-3,6H,4-5,7-12H2,(H,18,20). The van der Waals surface area contributed by atoms with Crippen molar-refractivity contribution in [3.8, 4) is 0 Å². The Kier molecular flexibility index (Phi) is 4.88. The Hall–Kier alpha value is -1.99. The van der Waals surface area contributed by atoms with Gasteiger partial charge in [0.15, 0.2) is 5.79 Å². The second-order valence-corrected chi connectivity index (χ2v) is 5.76. The molecular formula is C16H21N3O4. The summed E-state index contributed by atoms with van der Waals surface area (Å²) in [7, 11) is 0. The molecular weight excluding hydrogens is 298 g/mol. The van der Waals surface area contributed by atoms with Crippen molar-refractivity contribution in [2.24, 2.45) is 0 Å². The molecule has 0 unspecified atom stereocenters. The molecule has 0 saturated carbocycles. The Morgan fingerprint density at radius 2 is 1.96 bits per heavy atom. The van der Waals surface area contributed by atoms with Gasteiger partial charge in [0, 0.05) is 32.1 Å². The maximum Gasteiger partial charge on any atom is 0.232 e. The minimum atomic E-state index is -0.502. The van der Waals surface area contributed by atoms with Crippen molar-refractivity contribution in [3.63, 3.8) is 0 Å². The Balaban J connectivity index is 1.41. The van der Waals surface area contributed by atoms with E-state index in [1.807, 2.05) is 18.2 Å². The number of piperidine rings is 1. The molecule has 7 nitrogen and oxygen atoms in total. The van der Waals surface area contributed by atoms with Crippen LogP contribution < -0.4 is 5.32 Å². The number of rotatable bonds is 4. The van der Waals surface area contributed by atoms with E-state index >= 15 is 0 Å². The largest absolute Gasteiger partial charge is 0.350 e. The molecule has 2 saturated heterocycles. The number of hydrogen-bond acceptors (Lipinski definition) is 5. The average molecular weight is 319 g/mol. The van der Waals surface area contributed by atoms with Crippen LogP contribution in [0.2, 0.25) is 0 Å². The first kappa shape index (κ1) is 15.9. The van der Waals surface area contributed by atoms with E-state index in [0.717, 1.165) is 5.69 Å². The molecule has 3 heterocycles. The van der Waals surface area contributed by atoms with E-state index in [2.05, 4.69) is 10.3 Å². The number of amides is 2. The fourth-order valence-electron chi connectivity index (χ4n) is 2.89. The van der Waals surface area contributed by atoms with Crippen molar-refractivity contribution in [3.05, 3.63) is 30.1 Å². The highest BCUT2D eigenvalue weighted by Crippen LogP contribution is 2.31. The number of ether oxygens (including phenoxy) is 2. The fraction of sp³-hybridized carbons (Fsp3) is 0.562. The van der Waals surface area contributed by atoms with Crippen molar-refractivity contribution in [1.82, 2.24) is 15.2 Å². The van der Waals surface area contributed by atoms with Crippen LogP contribution in [-0.2, 0) is 25.6 Å². The molecule has 2 amide bonds. The van der Waals surface area contributed by atoms with Gasteiger partial charge in [-0.1, -0.05) is 6.07 Å². The topological polar surface area (TPSA) is 80.8 Å². The van der Waals surface area contributed by atoms with Gasteiger partial charge >= 0.3 is 0 Å². The van der Waals surface area contributed by atoms with Gasteiger partial charge in [-0.2, -0.15) is 0 Å². The van der Waals surface area contributed by atoms with Crippen molar-refractivity contribution < 1.29 is 19.1 Å². The van der Waals surface area contributed by atoms with Gasteiger partial charge in [-0.05, 0) is 12.1 Å². The number of pyridine rings is 1. The highest BCUT2D eigenvalue weighted by atomic mass is 16.7. The monoisotopic (exact) mass is 319 g/mol. The lowest BCUT2D eigenvalue weighted by atomic mass is 10.0. The zero-order chi connectivity index (χ0) is 16.1. The van der Waals surface area contributed by atoms with Gasteiger partial charge in [0.25, 0.3) is 0 Å². The van der Waals surface area contributed by atoms with Gasteiger partial charge in [-0.3, -0.25) is 14.6 Å². The molecule has 1 aromatic heterocycles. The summed E-state index contributed by atoms with van der Waals surface area (Å²) in [5.41, 5.74) is 0.767. The van der Waals surface area contributed by atoms with E-state index in [-0.39, 0.29) is 18.2 Å². The van der Waals surface area contributed by atoms with Crippen molar-refractivity contribution >= 4 is 11.8 Å². The third-order valence-electron chi connectivity index (χ3n) is 4.20. The second-order valence-electron chi connectivity index (χ2n) is 5.76. The lowest BCUT2D eigenvalue weighted by Gasteiger charge is -2.37. The number of likely N-dealkylation sites (tertiary alicyclic amines) is 1. The highest BCUT2D eigenvalue weighted by Gasteiger charge is 2.40. The molecule has 0 radical (unpaired) electrons. The maximum absolute atomic E-state index is 12.2. The molecule has 7 heteroatoms. The average Bonchev–Trinajstić information content (AvgIpc) is 3.02. The van der Waals surface area contributed by atoms with Gasteiger partial charge in [0.1, 0.15) is 6.42 Å². The van der Waals surface area contributed by atoms with Crippen LogP contribution in [0.4, 0.5) is 0 Å². The smallest absolute Gasteiger partial charge is 0.232 e. The first-order valence-corrected chi connectivity index (χ1v) is 7.89. The summed E-state index contributed by atoms with van der Waals surface area (Å²) in [6, 6.07) is 5.50. The predicted octanol–water partition coefficient (Wildman–Crippen LogP) is 0.453. The summed E-state index contributed by atoms with van der Waals surface area (Å²) < 4.78 is 11.3. The van der Waals surface area contributed by atoms with E-state index in [0.29, 0.717) is 45.7 Å². The Morgan fingerprint density at radius 1 is 1.22 bits per heavy atom. The van der Waals surface area contributed by atoms with Crippen LogP contribution in [0.5, 0.6) is 0 Å². The summed E-state index contributed by atoms with van der Waals surface area (Å²) in [5, 5.41) is 2.72. The number of carbonyl (C=O) groups is 2. The van der Waals surface area contributed by atoms with Crippen molar-refractivity contribution in [2.75, 3.05) is 26.3 Å². The van der Waals surface area contributed by atoms with Gasteiger partial charge in [0.05, 0.1) is 25.5 Å². The summed E-state index contributed by atoms with van der Waals surface area (Å²) in [4.78, 5) is 29.9. The lowest BCUT2D eigenvalue weighted by molar-refractivity contribution is -0.187. The van der Waals surface area contributed by atoms with E-state index in [9.17, 15) is 9.59 Å². The fourth-order valence-corrected chi connectivity index (χ4v) is 2.89. The summed E-state index contributed by atoms with van der Waals surface area (Å²) in [6.07, 6.45) is 2.85. The van der Waals surface area contributed by atoms with Gasteiger partial charge in [-0.25, -0.2) is 0 Å². The third-order valence-corrected chi connectivity index (χ3v) is 4.20. The van der Waals surface area contributed by atoms with Crippen molar-refractivity contribution in [2.45, 2.75) is 31.6 Å². The Morgan fingerprint density at radius 3 is 2.61 bits per heavy atom. The first-order chi connectivity index (χ1) is 11.2. The molecule has 124 valence electrons. The number of carbonyl (C=O) groups excluding carboxylic acids is 2. The Bertz CT molecular complexity index is 548. The zero-order valence-corrected chi connectivity index (χ0v) is 13.0. The minimum absolute atomic E-state index is 0.137. The Labute approximate surface area is 135 Å². The van der Waals surface area contributed by atoms with Crippen LogP contribution in [0.25, 0.3) is 0 Å². The number of nitrogens with zero attached hydrogens (tertiary/aromatic N) is 2. The molecule has 1 aromatic rings. The van der Waals surface area contributed by atoms with Crippen molar-refractivity contribution in [1.29, 1.82) is 0 Å². The maximum atomic E-state index is 12.2. The minimum Gasteiger partial charge on any atom is -0.350 e. The SMILES string of the molecule is O=C(CC(=O)N1CCC2(CC1)OCCO2)NCc1ccccn1. The molecule has 3 rings (SSSR count). The summed E-state index contributed by atoms with van der Waals surface area (Å²) in [5.74, 6) is -0.941. The molecule has 0 atom stereocenters. The normalized spacial score (nSPS) is 19.7. The molecule has 0 bridgehead atoms. The highest BCUT2D eigenvalue weighted by molar-refractivity contribution is 5.96. The zero-order valence-electron chi connectivity index (χ0n) is 13.0. The molecule has 0 aliphatic carbocycles. The number of aromatic nitrogens is 1. The molecule has 23 heavy (non-hydrogen) atoms. The van der Waals surface area contributed by atoms with Crippen LogP contribution in [0.15, 0.2) is 24.4 Å². The molecule has 2 aliphatic rings. The van der Waals surface area contributed by atoms with E-state index in [4.69, 9.17) is 9.47 Å². The molecule has 2 aliphatic heterocycles. The van der Waals surface area contributed by atoms with E-state index < -0.39 is 5.79 Å². The second kappa shape index (κ2) is 7.06. The first-order valence-electron chi connectivity index (χ1n) is 7.89. The summed E-state index contributed by atoms with van der Waals surface area (Å²) in [6.45, 7) is 2.68. The van der Waals surface area contributed by atoms with Crippen LogP contribution in [0.1, 0.15) is 25.0 Å². The molecule has 0 aromatic carbocycles. The lowest BCUT2D eigenvalue weighted by Crippen LogP contribution is -2.48. The third kappa shape index (κ3) is 4.05. The van der Waals surface area contributed by atoms with E-state index in [1.165, 1.54) is 0 Å². The molecule has 1 N–H and O–H groups in total. The summed E-state index contributed by atoms with van der Waals surface area (Å²) >= 11 is 0. The van der Waals surface area contributed by atoms with Gasteiger partial charge in [0.2, 0.25) is 11.8 Å².